The Bertz CT molecular complexity index is 222. The fourth-order valence-corrected chi connectivity index (χ4v) is 1.88. The fourth-order valence-electron chi connectivity index (χ4n) is 1.13. The third kappa shape index (κ3) is 8.51. The van der Waals surface area contributed by atoms with Gasteiger partial charge in [0.25, 0.3) is 0 Å². The number of hydrogen-bond acceptors (Lipinski definition) is 3. The predicted molar refractivity (Wildman–Crippen MR) is 61.3 cm³/mol. The first-order valence-electron chi connectivity index (χ1n) is 5.39. The Morgan fingerprint density at radius 3 is 2.36 bits per heavy atom. The molecule has 0 saturated carbocycles. The highest BCUT2D eigenvalue weighted by Crippen LogP contribution is 2.01. The Morgan fingerprint density at radius 1 is 1.21 bits per heavy atom. The SMILES string of the molecule is CCS(=O)(=O)CCNCCCC(C)C. The van der Waals surface area contributed by atoms with Gasteiger partial charge in [0.15, 0.2) is 9.84 Å². The van der Waals surface area contributed by atoms with Gasteiger partial charge in [-0.05, 0) is 25.3 Å². The van der Waals surface area contributed by atoms with Crippen molar-refractivity contribution >= 4 is 9.84 Å². The molecule has 0 atom stereocenters. The van der Waals surface area contributed by atoms with Crippen LogP contribution in [0.25, 0.3) is 0 Å². The quantitative estimate of drug-likeness (QED) is 0.631. The van der Waals surface area contributed by atoms with Crippen LogP contribution in [0.5, 0.6) is 0 Å². The van der Waals surface area contributed by atoms with Gasteiger partial charge in [-0.15, -0.1) is 0 Å². The summed E-state index contributed by atoms with van der Waals surface area (Å²) in [5, 5.41) is 3.15. The average molecular weight is 221 g/mol. The lowest BCUT2D eigenvalue weighted by Crippen LogP contribution is -2.24. The first kappa shape index (κ1) is 13.9. The van der Waals surface area contributed by atoms with E-state index in [-0.39, 0.29) is 11.5 Å². The summed E-state index contributed by atoms with van der Waals surface area (Å²) in [6, 6.07) is 0. The summed E-state index contributed by atoms with van der Waals surface area (Å²) >= 11 is 0. The van der Waals surface area contributed by atoms with Crippen LogP contribution in [0.2, 0.25) is 0 Å². The summed E-state index contributed by atoms with van der Waals surface area (Å²) in [6.45, 7) is 7.60. The van der Waals surface area contributed by atoms with Crippen LogP contribution in [0.4, 0.5) is 0 Å². The molecule has 1 N–H and O–H groups in total. The van der Waals surface area contributed by atoms with Crippen LogP contribution in [0.1, 0.15) is 33.6 Å². The maximum Gasteiger partial charge on any atom is 0.151 e. The fraction of sp³-hybridized carbons (Fsp3) is 1.00. The molecule has 0 spiro atoms. The lowest BCUT2D eigenvalue weighted by Gasteiger charge is -2.06. The molecule has 0 heterocycles. The zero-order chi connectivity index (χ0) is 11.0. The van der Waals surface area contributed by atoms with Gasteiger partial charge in [-0.25, -0.2) is 8.42 Å². The molecule has 3 nitrogen and oxygen atoms in total. The van der Waals surface area contributed by atoms with E-state index in [2.05, 4.69) is 19.2 Å². The van der Waals surface area contributed by atoms with E-state index in [9.17, 15) is 8.42 Å². The number of rotatable bonds is 8. The van der Waals surface area contributed by atoms with Gasteiger partial charge in [-0.2, -0.15) is 0 Å². The molecular weight excluding hydrogens is 198 g/mol. The second-order valence-corrected chi connectivity index (χ2v) is 6.50. The molecule has 0 aromatic heterocycles. The molecule has 0 radical (unpaired) electrons. The minimum atomic E-state index is -2.79. The highest BCUT2D eigenvalue weighted by atomic mass is 32.2. The lowest BCUT2D eigenvalue weighted by atomic mass is 10.1. The van der Waals surface area contributed by atoms with Crippen LogP contribution >= 0.6 is 0 Å². The highest BCUT2D eigenvalue weighted by Gasteiger charge is 2.05. The molecule has 0 amide bonds. The second kappa shape index (κ2) is 7.23. The molecule has 4 heteroatoms. The zero-order valence-corrected chi connectivity index (χ0v) is 10.4. The van der Waals surface area contributed by atoms with Crippen molar-refractivity contribution in [2.75, 3.05) is 24.6 Å². The Hall–Kier alpha value is -0.0900. The topological polar surface area (TPSA) is 46.2 Å². The van der Waals surface area contributed by atoms with Crippen LogP contribution in [0, 0.1) is 5.92 Å². The van der Waals surface area contributed by atoms with E-state index >= 15 is 0 Å². The van der Waals surface area contributed by atoms with Crippen molar-refractivity contribution in [2.45, 2.75) is 33.6 Å². The first-order valence-corrected chi connectivity index (χ1v) is 7.21. The van der Waals surface area contributed by atoms with E-state index in [0.717, 1.165) is 18.9 Å². The van der Waals surface area contributed by atoms with Gasteiger partial charge in [0.1, 0.15) is 0 Å². The standard InChI is InChI=1S/C10H23NO2S/c1-4-14(12,13)9-8-11-7-5-6-10(2)3/h10-11H,4-9H2,1-3H3. The Morgan fingerprint density at radius 2 is 1.86 bits per heavy atom. The molecule has 0 aromatic rings. The van der Waals surface area contributed by atoms with E-state index < -0.39 is 9.84 Å². The van der Waals surface area contributed by atoms with Crippen molar-refractivity contribution in [1.29, 1.82) is 0 Å². The van der Waals surface area contributed by atoms with Gasteiger partial charge >= 0.3 is 0 Å². The van der Waals surface area contributed by atoms with E-state index in [4.69, 9.17) is 0 Å². The number of nitrogens with one attached hydrogen (secondary N) is 1. The Labute approximate surface area is 88.2 Å². The monoisotopic (exact) mass is 221 g/mol. The minimum Gasteiger partial charge on any atom is -0.316 e. The molecule has 0 aromatic carbocycles. The largest absolute Gasteiger partial charge is 0.316 e. The molecule has 0 rings (SSSR count). The molecule has 0 aliphatic carbocycles. The molecule has 0 unspecified atom stereocenters. The number of hydrogen-bond donors (Lipinski definition) is 1. The molecule has 86 valence electrons. The number of sulfone groups is 1. The van der Waals surface area contributed by atoms with Crippen LogP contribution in [-0.4, -0.2) is 33.0 Å². The molecule has 0 aliphatic heterocycles. The summed E-state index contributed by atoms with van der Waals surface area (Å²) in [5.74, 6) is 1.25. The van der Waals surface area contributed by atoms with Gasteiger partial charge in [0, 0.05) is 12.3 Å². The first-order chi connectivity index (χ1) is 6.48. The molecular formula is C10H23NO2S. The van der Waals surface area contributed by atoms with Crippen LogP contribution in [-0.2, 0) is 9.84 Å². The van der Waals surface area contributed by atoms with Crippen molar-refractivity contribution < 1.29 is 8.42 Å². The molecule has 0 saturated heterocycles. The predicted octanol–water partition coefficient (Wildman–Crippen LogP) is 1.45. The summed E-state index contributed by atoms with van der Waals surface area (Å²) in [5.41, 5.74) is 0. The van der Waals surface area contributed by atoms with Crippen LogP contribution < -0.4 is 5.32 Å². The van der Waals surface area contributed by atoms with E-state index in [1.807, 2.05) is 0 Å². The van der Waals surface area contributed by atoms with Crippen molar-refractivity contribution in [1.82, 2.24) is 5.32 Å². The Balaban J connectivity index is 3.31. The van der Waals surface area contributed by atoms with Gasteiger partial charge in [-0.1, -0.05) is 20.8 Å². The van der Waals surface area contributed by atoms with Gasteiger partial charge < -0.3 is 5.32 Å². The van der Waals surface area contributed by atoms with Crippen LogP contribution in [0.3, 0.4) is 0 Å². The Kier molecular flexibility index (Phi) is 7.19. The smallest absolute Gasteiger partial charge is 0.151 e. The molecule has 0 fully saturated rings. The van der Waals surface area contributed by atoms with Crippen molar-refractivity contribution in [3.05, 3.63) is 0 Å². The molecule has 0 aliphatic rings. The van der Waals surface area contributed by atoms with Gasteiger partial charge in [-0.3, -0.25) is 0 Å². The average Bonchev–Trinajstić information content (AvgIpc) is 2.10. The normalized spacial score (nSPS) is 12.3. The maximum absolute atomic E-state index is 11.1. The van der Waals surface area contributed by atoms with E-state index in [1.165, 1.54) is 6.42 Å². The highest BCUT2D eigenvalue weighted by molar-refractivity contribution is 7.91. The van der Waals surface area contributed by atoms with E-state index in [0.29, 0.717) is 6.54 Å². The lowest BCUT2D eigenvalue weighted by molar-refractivity contribution is 0.531. The third-order valence-corrected chi connectivity index (χ3v) is 3.87. The summed E-state index contributed by atoms with van der Waals surface area (Å²) in [7, 11) is -2.79. The van der Waals surface area contributed by atoms with Gasteiger partial charge in [0.05, 0.1) is 5.75 Å². The van der Waals surface area contributed by atoms with Crippen molar-refractivity contribution in [2.24, 2.45) is 5.92 Å². The summed E-state index contributed by atoms with van der Waals surface area (Å²) in [4.78, 5) is 0. The van der Waals surface area contributed by atoms with Crippen molar-refractivity contribution in [3.8, 4) is 0 Å². The minimum absolute atomic E-state index is 0.251. The third-order valence-electron chi connectivity index (χ3n) is 2.16. The van der Waals surface area contributed by atoms with Gasteiger partial charge in [0.2, 0.25) is 0 Å². The van der Waals surface area contributed by atoms with Crippen LogP contribution in [0.15, 0.2) is 0 Å². The van der Waals surface area contributed by atoms with Crippen molar-refractivity contribution in [3.63, 3.8) is 0 Å². The molecule has 0 bridgehead atoms. The molecule has 14 heavy (non-hydrogen) atoms. The summed E-state index contributed by atoms with van der Waals surface area (Å²) < 4.78 is 22.2. The maximum atomic E-state index is 11.1. The summed E-state index contributed by atoms with van der Waals surface area (Å²) in [6.07, 6.45) is 2.33. The zero-order valence-electron chi connectivity index (χ0n) is 9.54. The second-order valence-electron chi connectivity index (χ2n) is 4.02. The van der Waals surface area contributed by atoms with E-state index in [1.54, 1.807) is 6.92 Å².